The molecule has 0 N–H and O–H groups in total. The van der Waals surface area contributed by atoms with Crippen molar-refractivity contribution < 1.29 is 0 Å². The summed E-state index contributed by atoms with van der Waals surface area (Å²) in [5, 5.41) is 4.16. The zero-order valence-corrected chi connectivity index (χ0v) is 5.89. The molecule has 2 nitrogen and oxygen atoms in total. The van der Waals surface area contributed by atoms with Crippen LogP contribution in [0.5, 0.6) is 0 Å². The standard InChI is InChI=1S/C7H11N2/c1-3-5-9-6-4-7(2)8-9/h4H,3,5H2,1-2H3. The Morgan fingerprint density at radius 2 is 2.56 bits per heavy atom. The average Bonchev–Trinajstić information content (AvgIpc) is 2.17. The third-order valence-corrected chi connectivity index (χ3v) is 1.14. The third kappa shape index (κ3) is 1.56. The van der Waals surface area contributed by atoms with Crippen molar-refractivity contribution in [2.45, 2.75) is 26.8 Å². The van der Waals surface area contributed by atoms with Crippen molar-refractivity contribution in [3.63, 3.8) is 0 Å². The van der Waals surface area contributed by atoms with E-state index in [-0.39, 0.29) is 0 Å². The van der Waals surface area contributed by atoms with Gasteiger partial charge in [-0.1, -0.05) is 6.92 Å². The maximum Gasteiger partial charge on any atom is 0.0866 e. The summed E-state index contributed by atoms with van der Waals surface area (Å²) in [4.78, 5) is 0. The molecule has 0 aromatic carbocycles. The maximum absolute atomic E-state index is 4.16. The lowest BCUT2D eigenvalue weighted by molar-refractivity contribution is 0.594. The number of aromatic nitrogens is 2. The molecular formula is C7H11N2. The maximum atomic E-state index is 4.16. The molecule has 9 heavy (non-hydrogen) atoms. The fraction of sp³-hybridized carbons (Fsp3) is 0.571. The molecule has 0 saturated carbocycles. The highest BCUT2D eigenvalue weighted by molar-refractivity contribution is 4.92. The molecular weight excluding hydrogens is 112 g/mol. The largest absolute Gasteiger partial charge is 0.263 e. The van der Waals surface area contributed by atoms with E-state index < -0.39 is 0 Å². The molecule has 49 valence electrons. The molecule has 2 heteroatoms. The van der Waals surface area contributed by atoms with Crippen LogP contribution in [-0.2, 0) is 6.54 Å². The lowest BCUT2D eigenvalue weighted by Gasteiger charge is -1.93. The molecule has 0 amide bonds. The monoisotopic (exact) mass is 123 g/mol. The van der Waals surface area contributed by atoms with Crippen molar-refractivity contribution in [1.29, 1.82) is 0 Å². The van der Waals surface area contributed by atoms with Gasteiger partial charge in [-0.05, 0) is 19.4 Å². The van der Waals surface area contributed by atoms with Gasteiger partial charge < -0.3 is 0 Å². The molecule has 0 bridgehead atoms. The fourth-order valence-electron chi connectivity index (χ4n) is 0.742. The zero-order chi connectivity index (χ0) is 6.69. The topological polar surface area (TPSA) is 17.8 Å². The molecule has 0 saturated heterocycles. The van der Waals surface area contributed by atoms with Crippen LogP contribution in [0.15, 0.2) is 6.07 Å². The Morgan fingerprint density at radius 3 is 3.00 bits per heavy atom. The Labute approximate surface area is 55.5 Å². The van der Waals surface area contributed by atoms with E-state index >= 15 is 0 Å². The van der Waals surface area contributed by atoms with Gasteiger partial charge in [-0.25, -0.2) is 0 Å². The van der Waals surface area contributed by atoms with Gasteiger partial charge in [-0.2, -0.15) is 5.10 Å². The molecule has 1 aromatic heterocycles. The minimum atomic E-state index is 0.980. The number of nitrogens with zero attached hydrogens (tertiary/aromatic N) is 2. The fourth-order valence-corrected chi connectivity index (χ4v) is 0.742. The van der Waals surface area contributed by atoms with E-state index in [9.17, 15) is 0 Å². The minimum Gasteiger partial charge on any atom is -0.263 e. The lowest BCUT2D eigenvalue weighted by atomic mass is 10.5. The summed E-state index contributed by atoms with van der Waals surface area (Å²) in [5.74, 6) is 0. The Bertz CT molecular complexity index is 179. The van der Waals surface area contributed by atoms with Crippen molar-refractivity contribution >= 4 is 0 Å². The minimum absolute atomic E-state index is 0.980. The Kier molecular flexibility index (Phi) is 1.88. The molecule has 0 unspecified atom stereocenters. The van der Waals surface area contributed by atoms with Gasteiger partial charge in [0.05, 0.1) is 11.9 Å². The molecule has 1 heterocycles. The Hall–Kier alpha value is -0.790. The van der Waals surface area contributed by atoms with Gasteiger partial charge in [-0.15, -0.1) is 0 Å². The second-order valence-corrected chi connectivity index (χ2v) is 2.14. The highest BCUT2D eigenvalue weighted by atomic mass is 15.3. The number of aryl methyl sites for hydroxylation is 2. The molecule has 1 aromatic rings. The Balaban J connectivity index is 2.61. The van der Waals surface area contributed by atoms with Crippen LogP contribution in [0.2, 0.25) is 0 Å². The first-order chi connectivity index (χ1) is 4.33. The van der Waals surface area contributed by atoms with E-state index in [2.05, 4.69) is 18.2 Å². The molecule has 1 rings (SSSR count). The summed E-state index contributed by atoms with van der Waals surface area (Å²) < 4.78 is 1.84. The summed E-state index contributed by atoms with van der Waals surface area (Å²) in [6.07, 6.45) is 4.13. The first-order valence-electron chi connectivity index (χ1n) is 3.25. The number of hydrogen-bond donors (Lipinski definition) is 0. The van der Waals surface area contributed by atoms with Crippen molar-refractivity contribution in [1.82, 2.24) is 9.78 Å². The van der Waals surface area contributed by atoms with Gasteiger partial charge in [-0.3, -0.25) is 4.68 Å². The first-order valence-corrected chi connectivity index (χ1v) is 3.25. The van der Waals surface area contributed by atoms with Crippen molar-refractivity contribution in [2.24, 2.45) is 0 Å². The summed E-state index contributed by atoms with van der Waals surface area (Å²) in [6, 6.07) is 1.90. The smallest absolute Gasteiger partial charge is 0.0866 e. The normalized spacial score (nSPS) is 10.0. The van der Waals surface area contributed by atoms with Crippen LogP contribution >= 0.6 is 0 Å². The van der Waals surface area contributed by atoms with E-state index in [1.54, 1.807) is 0 Å². The van der Waals surface area contributed by atoms with Crippen LogP contribution < -0.4 is 0 Å². The first kappa shape index (κ1) is 6.33. The molecule has 0 spiro atoms. The van der Waals surface area contributed by atoms with Crippen LogP contribution in [0.1, 0.15) is 19.0 Å². The van der Waals surface area contributed by atoms with Crippen LogP contribution in [0.4, 0.5) is 0 Å². The lowest BCUT2D eigenvalue weighted by Crippen LogP contribution is -1.96. The number of hydrogen-bond acceptors (Lipinski definition) is 1. The molecule has 0 aliphatic rings. The van der Waals surface area contributed by atoms with Gasteiger partial charge in [0.25, 0.3) is 0 Å². The molecule has 0 aliphatic carbocycles. The Morgan fingerprint density at radius 1 is 1.78 bits per heavy atom. The second kappa shape index (κ2) is 2.67. The van der Waals surface area contributed by atoms with Crippen LogP contribution in [0.3, 0.4) is 0 Å². The zero-order valence-electron chi connectivity index (χ0n) is 5.89. The van der Waals surface area contributed by atoms with Gasteiger partial charge in [0.2, 0.25) is 0 Å². The van der Waals surface area contributed by atoms with Crippen LogP contribution in [0.25, 0.3) is 0 Å². The highest BCUT2D eigenvalue weighted by Crippen LogP contribution is 1.92. The number of rotatable bonds is 2. The SMILES string of the molecule is CCCn1[c]cc(C)n1. The van der Waals surface area contributed by atoms with E-state index in [0.29, 0.717) is 0 Å². The molecule has 0 aliphatic heterocycles. The van der Waals surface area contributed by atoms with E-state index in [1.807, 2.05) is 17.7 Å². The summed E-state index contributed by atoms with van der Waals surface area (Å²) in [6.45, 7) is 5.08. The summed E-state index contributed by atoms with van der Waals surface area (Å²) in [5.41, 5.74) is 1.04. The quantitative estimate of drug-likeness (QED) is 0.581. The highest BCUT2D eigenvalue weighted by Gasteiger charge is 1.89. The van der Waals surface area contributed by atoms with Gasteiger partial charge in [0, 0.05) is 6.54 Å². The van der Waals surface area contributed by atoms with E-state index in [4.69, 9.17) is 0 Å². The predicted molar refractivity (Wildman–Crippen MR) is 36.1 cm³/mol. The predicted octanol–water partition coefficient (Wildman–Crippen LogP) is 1.40. The second-order valence-electron chi connectivity index (χ2n) is 2.14. The molecule has 0 atom stereocenters. The van der Waals surface area contributed by atoms with Crippen LogP contribution in [-0.4, -0.2) is 9.78 Å². The van der Waals surface area contributed by atoms with Gasteiger partial charge in [0.1, 0.15) is 0 Å². The summed E-state index contributed by atoms with van der Waals surface area (Å²) in [7, 11) is 0. The van der Waals surface area contributed by atoms with E-state index in [0.717, 1.165) is 18.7 Å². The molecule has 0 fully saturated rings. The van der Waals surface area contributed by atoms with Crippen molar-refractivity contribution in [3.8, 4) is 0 Å². The van der Waals surface area contributed by atoms with Crippen molar-refractivity contribution in [3.05, 3.63) is 18.0 Å². The van der Waals surface area contributed by atoms with Crippen molar-refractivity contribution in [2.75, 3.05) is 0 Å². The van der Waals surface area contributed by atoms with Gasteiger partial charge in [0.15, 0.2) is 0 Å². The van der Waals surface area contributed by atoms with E-state index in [1.165, 1.54) is 0 Å². The molecule has 1 radical (unpaired) electrons. The average molecular weight is 123 g/mol. The van der Waals surface area contributed by atoms with Gasteiger partial charge >= 0.3 is 0 Å². The third-order valence-electron chi connectivity index (χ3n) is 1.14. The summed E-state index contributed by atoms with van der Waals surface area (Å²) >= 11 is 0. The van der Waals surface area contributed by atoms with Crippen LogP contribution in [0, 0.1) is 13.1 Å².